The zero-order valence-electron chi connectivity index (χ0n) is 17.1. The minimum absolute atomic E-state index is 0.0705. The molecule has 3 N–H and O–H groups in total. The van der Waals surface area contributed by atoms with Crippen LogP contribution in [-0.2, 0) is 6.54 Å². The summed E-state index contributed by atoms with van der Waals surface area (Å²) in [4.78, 5) is 18.3. The highest BCUT2D eigenvalue weighted by Crippen LogP contribution is 2.05. The van der Waals surface area contributed by atoms with Gasteiger partial charge in [0.15, 0.2) is 5.96 Å². The molecule has 0 saturated carbocycles. The number of hydrogen-bond donors (Lipinski definition) is 3. The fraction of sp³-hybridized carbons (Fsp3) is 0.600. The number of benzene rings is 1. The van der Waals surface area contributed by atoms with E-state index in [9.17, 15) is 4.79 Å². The topological polar surface area (TPSA) is 68.8 Å². The van der Waals surface area contributed by atoms with Gasteiger partial charge in [0, 0.05) is 51.4 Å². The number of rotatable bonds is 9. The Kier molecular flexibility index (Phi) is 9.73. The van der Waals surface area contributed by atoms with Gasteiger partial charge in [-0.05, 0) is 51.8 Å². The zero-order chi connectivity index (χ0) is 19.5. The summed E-state index contributed by atoms with van der Waals surface area (Å²) in [7, 11) is 3.41. The van der Waals surface area contributed by atoms with Crippen molar-refractivity contribution in [1.82, 2.24) is 20.9 Å². The number of carbonyl (C=O) groups excluding carboxylic acids is 1. The van der Waals surface area contributed by atoms with E-state index in [1.165, 1.54) is 0 Å². The Labute approximate surface area is 158 Å². The second kappa shape index (κ2) is 11.5. The quantitative estimate of drug-likeness (QED) is 0.358. The molecule has 6 heteroatoms. The molecule has 0 aromatic heterocycles. The predicted octanol–water partition coefficient (Wildman–Crippen LogP) is 2.22. The lowest BCUT2D eigenvalue weighted by Gasteiger charge is -2.30. The average Bonchev–Trinajstić information content (AvgIpc) is 2.63. The maximum Gasteiger partial charge on any atom is 0.251 e. The summed E-state index contributed by atoms with van der Waals surface area (Å²) in [5.41, 5.74) is 1.77. The molecule has 0 fully saturated rings. The monoisotopic (exact) mass is 361 g/mol. The van der Waals surface area contributed by atoms with Gasteiger partial charge in [-0.2, -0.15) is 0 Å². The van der Waals surface area contributed by atoms with Gasteiger partial charge in [-0.3, -0.25) is 14.7 Å². The Balaban J connectivity index is 2.38. The molecule has 1 amide bonds. The Morgan fingerprint density at radius 2 is 1.69 bits per heavy atom. The molecule has 0 heterocycles. The molecule has 6 nitrogen and oxygen atoms in total. The van der Waals surface area contributed by atoms with Gasteiger partial charge in [0.05, 0.1) is 0 Å². The minimum Gasteiger partial charge on any atom is -0.356 e. The van der Waals surface area contributed by atoms with E-state index in [-0.39, 0.29) is 5.91 Å². The number of guanidine groups is 1. The van der Waals surface area contributed by atoms with Crippen molar-refractivity contribution in [2.45, 2.75) is 52.7 Å². The molecule has 0 aliphatic heterocycles. The van der Waals surface area contributed by atoms with Gasteiger partial charge in [0.1, 0.15) is 0 Å². The second-order valence-electron chi connectivity index (χ2n) is 6.91. The van der Waals surface area contributed by atoms with Crippen LogP contribution in [0.3, 0.4) is 0 Å². The average molecular weight is 362 g/mol. The van der Waals surface area contributed by atoms with Crippen LogP contribution in [-0.4, -0.2) is 56.0 Å². The summed E-state index contributed by atoms with van der Waals surface area (Å²) in [6.45, 7) is 11.6. The van der Waals surface area contributed by atoms with E-state index in [2.05, 4.69) is 53.5 Å². The maximum atomic E-state index is 11.6. The lowest BCUT2D eigenvalue weighted by atomic mass is 10.1. The molecule has 1 aromatic rings. The Morgan fingerprint density at radius 1 is 1.08 bits per heavy atom. The van der Waals surface area contributed by atoms with E-state index in [1.807, 2.05) is 24.3 Å². The number of aliphatic imine (C=N–C) groups is 1. The Bertz CT molecular complexity index is 558. The number of amides is 1. The van der Waals surface area contributed by atoms with Gasteiger partial charge in [-0.25, -0.2) is 0 Å². The molecule has 0 radical (unpaired) electrons. The van der Waals surface area contributed by atoms with Gasteiger partial charge in [-0.15, -0.1) is 0 Å². The van der Waals surface area contributed by atoms with E-state index in [1.54, 1.807) is 14.1 Å². The van der Waals surface area contributed by atoms with Crippen LogP contribution in [0.15, 0.2) is 29.3 Å². The maximum absolute atomic E-state index is 11.6. The molecule has 0 atom stereocenters. The smallest absolute Gasteiger partial charge is 0.251 e. The van der Waals surface area contributed by atoms with Gasteiger partial charge >= 0.3 is 0 Å². The van der Waals surface area contributed by atoms with Crippen molar-refractivity contribution in [2.24, 2.45) is 4.99 Å². The van der Waals surface area contributed by atoms with E-state index in [0.717, 1.165) is 31.0 Å². The zero-order valence-corrected chi connectivity index (χ0v) is 17.1. The summed E-state index contributed by atoms with van der Waals surface area (Å²) in [5.74, 6) is 0.722. The molecule has 0 bridgehead atoms. The fourth-order valence-electron chi connectivity index (χ4n) is 2.91. The first kappa shape index (κ1) is 22.0. The minimum atomic E-state index is -0.0705. The normalized spacial score (nSPS) is 12.0. The van der Waals surface area contributed by atoms with Crippen molar-refractivity contribution in [1.29, 1.82) is 0 Å². The lowest BCUT2D eigenvalue weighted by molar-refractivity contribution is 0.0963. The van der Waals surface area contributed by atoms with Gasteiger partial charge in [-0.1, -0.05) is 12.1 Å². The summed E-state index contributed by atoms with van der Waals surface area (Å²) in [6, 6.07) is 8.69. The highest BCUT2D eigenvalue weighted by molar-refractivity contribution is 5.93. The first-order valence-electron chi connectivity index (χ1n) is 9.40. The summed E-state index contributed by atoms with van der Waals surface area (Å²) >= 11 is 0. The molecule has 1 rings (SSSR count). The van der Waals surface area contributed by atoms with Crippen LogP contribution in [0.25, 0.3) is 0 Å². The largest absolute Gasteiger partial charge is 0.356 e. The number of hydrogen-bond acceptors (Lipinski definition) is 3. The summed E-state index contributed by atoms with van der Waals surface area (Å²) < 4.78 is 0. The van der Waals surface area contributed by atoms with Crippen LogP contribution in [0.4, 0.5) is 0 Å². The van der Waals surface area contributed by atoms with Crippen LogP contribution < -0.4 is 16.0 Å². The SMILES string of the molecule is CN=C(NCCCN(C(C)C)C(C)C)NCc1ccc(C(=O)NC)cc1. The van der Waals surface area contributed by atoms with Crippen LogP contribution in [0.2, 0.25) is 0 Å². The van der Waals surface area contributed by atoms with E-state index < -0.39 is 0 Å². The standard InChI is InChI=1S/C20H35N5O/c1-15(2)25(16(3)4)13-7-12-23-20(22-6)24-14-17-8-10-18(11-9-17)19(26)21-5/h8-11,15-16H,7,12-14H2,1-6H3,(H,21,26)(H2,22,23,24). The van der Waals surface area contributed by atoms with Gasteiger partial charge in [0.2, 0.25) is 0 Å². The predicted molar refractivity (Wildman–Crippen MR) is 110 cm³/mol. The second-order valence-corrected chi connectivity index (χ2v) is 6.91. The van der Waals surface area contributed by atoms with Gasteiger partial charge < -0.3 is 16.0 Å². The van der Waals surface area contributed by atoms with Crippen LogP contribution in [0.5, 0.6) is 0 Å². The number of carbonyl (C=O) groups is 1. The van der Waals surface area contributed by atoms with E-state index >= 15 is 0 Å². The molecule has 26 heavy (non-hydrogen) atoms. The molecule has 0 aliphatic carbocycles. The third-order valence-corrected chi connectivity index (χ3v) is 4.34. The lowest BCUT2D eigenvalue weighted by Crippen LogP contribution is -2.41. The first-order valence-corrected chi connectivity index (χ1v) is 9.40. The van der Waals surface area contributed by atoms with Crippen LogP contribution in [0, 0.1) is 0 Å². The van der Waals surface area contributed by atoms with Crippen molar-refractivity contribution in [3.8, 4) is 0 Å². The van der Waals surface area contributed by atoms with E-state index in [4.69, 9.17) is 0 Å². The first-order chi connectivity index (χ1) is 12.4. The van der Waals surface area contributed by atoms with Gasteiger partial charge in [0.25, 0.3) is 5.91 Å². The third-order valence-electron chi connectivity index (χ3n) is 4.34. The van der Waals surface area contributed by atoms with Crippen LogP contribution >= 0.6 is 0 Å². The molecule has 146 valence electrons. The molecule has 0 spiro atoms. The number of nitrogens with one attached hydrogen (secondary N) is 3. The highest BCUT2D eigenvalue weighted by Gasteiger charge is 2.12. The Morgan fingerprint density at radius 3 is 2.19 bits per heavy atom. The highest BCUT2D eigenvalue weighted by atomic mass is 16.1. The van der Waals surface area contributed by atoms with Crippen molar-refractivity contribution < 1.29 is 4.79 Å². The molecule has 0 saturated heterocycles. The summed E-state index contributed by atoms with van der Waals surface area (Å²) in [5, 5.41) is 9.29. The molecular weight excluding hydrogens is 326 g/mol. The summed E-state index contributed by atoms with van der Waals surface area (Å²) in [6.07, 6.45) is 1.07. The van der Waals surface area contributed by atoms with Crippen molar-refractivity contribution in [3.05, 3.63) is 35.4 Å². The van der Waals surface area contributed by atoms with Crippen molar-refractivity contribution in [3.63, 3.8) is 0 Å². The molecule has 0 unspecified atom stereocenters. The molecule has 1 aromatic carbocycles. The Hall–Kier alpha value is -2.08. The third kappa shape index (κ3) is 7.44. The molecule has 0 aliphatic rings. The van der Waals surface area contributed by atoms with Crippen molar-refractivity contribution in [2.75, 3.05) is 27.2 Å². The fourth-order valence-corrected chi connectivity index (χ4v) is 2.91. The van der Waals surface area contributed by atoms with Crippen molar-refractivity contribution >= 4 is 11.9 Å². The van der Waals surface area contributed by atoms with Crippen LogP contribution in [0.1, 0.15) is 50.0 Å². The van der Waals surface area contributed by atoms with E-state index in [0.29, 0.717) is 24.2 Å². The molecular formula is C20H35N5O. The number of nitrogens with zero attached hydrogens (tertiary/aromatic N) is 2.